The fraction of sp³-hybridized carbons (Fsp3) is 0.500. The molecule has 1 aliphatic carbocycles. The molecule has 24 heavy (non-hydrogen) atoms. The molecular formula is C18H19F4NO. The smallest absolute Gasteiger partial charge is 0.316 e. The van der Waals surface area contributed by atoms with Gasteiger partial charge in [0.15, 0.2) is 0 Å². The first-order valence-corrected chi connectivity index (χ1v) is 7.87. The quantitative estimate of drug-likeness (QED) is 0.518. The predicted molar refractivity (Wildman–Crippen MR) is 81.1 cm³/mol. The molecule has 0 heterocycles. The van der Waals surface area contributed by atoms with E-state index in [0.29, 0.717) is 18.8 Å². The van der Waals surface area contributed by atoms with Crippen molar-refractivity contribution < 1.29 is 22.3 Å². The second-order valence-electron chi connectivity index (χ2n) is 6.19. The first-order valence-electron chi connectivity index (χ1n) is 7.87. The van der Waals surface area contributed by atoms with Crippen molar-refractivity contribution in [1.82, 2.24) is 0 Å². The molecular weight excluding hydrogens is 322 g/mol. The van der Waals surface area contributed by atoms with Crippen LogP contribution in [0.5, 0.6) is 0 Å². The molecule has 0 atom stereocenters. The molecule has 6 heteroatoms. The number of rotatable bonds is 6. The van der Waals surface area contributed by atoms with Gasteiger partial charge in [-0.2, -0.15) is 14.0 Å². The summed E-state index contributed by atoms with van der Waals surface area (Å²) >= 11 is 0. The van der Waals surface area contributed by atoms with Crippen LogP contribution in [0.1, 0.15) is 43.2 Å². The molecule has 1 fully saturated rings. The van der Waals surface area contributed by atoms with Gasteiger partial charge in [0.05, 0.1) is 6.61 Å². The van der Waals surface area contributed by atoms with Crippen molar-refractivity contribution in [2.75, 3.05) is 0 Å². The van der Waals surface area contributed by atoms with Crippen molar-refractivity contribution in [2.45, 2.75) is 44.8 Å². The summed E-state index contributed by atoms with van der Waals surface area (Å²) in [5, 5.41) is 8.58. The van der Waals surface area contributed by atoms with Crippen molar-refractivity contribution in [3.05, 3.63) is 47.5 Å². The van der Waals surface area contributed by atoms with E-state index in [-0.39, 0.29) is 11.5 Å². The van der Waals surface area contributed by atoms with Gasteiger partial charge >= 0.3 is 6.11 Å². The zero-order chi connectivity index (χ0) is 17.7. The monoisotopic (exact) mass is 341 g/mol. The van der Waals surface area contributed by atoms with Crippen LogP contribution in [0.15, 0.2) is 24.8 Å². The van der Waals surface area contributed by atoms with E-state index in [4.69, 9.17) is 5.26 Å². The number of alkyl halides is 2. The second kappa shape index (κ2) is 7.80. The normalized spacial score (nSPS) is 21.3. The van der Waals surface area contributed by atoms with Crippen molar-refractivity contribution >= 4 is 0 Å². The van der Waals surface area contributed by atoms with Crippen LogP contribution in [0.2, 0.25) is 0 Å². The van der Waals surface area contributed by atoms with Gasteiger partial charge in [0.1, 0.15) is 23.3 Å². The number of benzene rings is 1. The lowest BCUT2D eigenvalue weighted by Gasteiger charge is -2.29. The van der Waals surface area contributed by atoms with Crippen LogP contribution in [0.25, 0.3) is 0 Å². The van der Waals surface area contributed by atoms with E-state index in [2.05, 4.69) is 11.3 Å². The lowest BCUT2D eigenvalue weighted by atomic mass is 9.80. The van der Waals surface area contributed by atoms with Crippen LogP contribution in [0.4, 0.5) is 17.6 Å². The van der Waals surface area contributed by atoms with Gasteiger partial charge in [-0.25, -0.2) is 8.78 Å². The second-order valence-corrected chi connectivity index (χ2v) is 6.19. The molecule has 0 aliphatic heterocycles. The predicted octanol–water partition coefficient (Wildman–Crippen LogP) is 5.33. The van der Waals surface area contributed by atoms with Gasteiger partial charge in [0, 0.05) is 6.42 Å². The molecule has 0 N–H and O–H groups in total. The van der Waals surface area contributed by atoms with E-state index in [1.807, 2.05) is 6.08 Å². The standard InChI is InChI=1S/C18H19F4NO/c1-2-12-3-5-13(6-4-12)9-18(21,22)24-11-14-7-16(19)15(10-23)17(20)8-14/h2,7-8,12-13H,1,3-6,9,11H2/t12-,13-. The fourth-order valence-corrected chi connectivity index (χ4v) is 3.03. The minimum absolute atomic E-state index is 0.0703. The Morgan fingerprint density at radius 2 is 1.79 bits per heavy atom. The van der Waals surface area contributed by atoms with Gasteiger partial charge in [-0.05, 0) is 55.2 Å². The van der Waals surface area contributed by atoms with E-state index >= 15 is 0 Å². The van der Waals surface area contributed by atoms with E-state index in [1.165, 1.54) is 6.07 Å². The highest BCUT2D eigenvalue weighted by molar-refractivity contribution is 5.34. The Labute approximate surface area is 138 Å². The largest absolute Gasteiger partial charge is 0.356 e. The van der Waals surface area contributed by atoms with Crippen LogP contribution in [0.3, 0.4) is 0 Å². The summed E-state index contributed by atoms with van der Waals surface area (Å²) in [7, 11) is 0. The van der Waals surface area contributed by atoms with E-state index in [9.17, 15) is 17.6 Å². The number of hydrogen-bond donors (Lipinski definition) is 0. The summed E-state index contributed by atoms with van der Waals surface area (Å²) in [6.07, 6.45) is 1.17. The number of nitrogens with zero attached hydrogens (tertiary/aromatic N) is 1. The van der Waals surface area contributed by atoms with Crippen LogP contribution in [-0.4, -0.2) is 6.11 Å². The molecule has 0 saturated heterocycles. The van der Waals surface area contributed by atoms with Crippen molar-refractivity contribution in [3.63, 3.8) is 0 Å². The lowest BCUT2D eigenvalue weighted by Crippen LogP contribution is -2.27. The third-order valence-electron chi connectivity index (χ3n) is 4.41. The number of halogens is 4. The first-order chi connectivity index (χ1) is 11.3. The summed E-state index contributed by atoms with van der Waals surface area (Å²) in [5.41, 5.74) is -0.802. The highest BCUT2D eigenvalue weighted by Gasteiger charge is 2.35. The van der Waals surface area contributed by atoms with Crippen molar-refractivity contribution in [1.29, 1.82) is 5.26 Å². The highest BCUT2D eigenvalue weighted by atomic mass is 19.3. The average Bonchev–Trinajstić information content (AvgIpc) is 2.53. The summed E-state index contributed by atoms with van der Waals surface area (Å²) in [5.74, 6) is -1.91. The molecule has 0 amide bonds. The van der Waals surface area contributed by atoms with E-state index < -0.39 is 36.3 Å². The molecule has 130 valence electrons. The Morgan fingerprint density at radius 3 is 2.29 bits per heavy atom. The molecule has 1 aliphatic rings. The third kappa shape index (κ3) is 4.81. The summed E-state index contributed by atoms with van der Waals surface area (Å²) in [4.78, 5) is 0. The zero-order valence-corrected chi connectivity index (χ0v) is 13.2. The van der Waals surface area contributed by atoms with Crippen LogP contribution in [0, 0.1) is 34.8 Å². The molecule has 0 bridgehead atoms. The van der Waals surface area contributed by atoms with Gasteiger partial charge in [0.25, 0.3) is 0 Å². The number of nitriles is 1. The molecule has 0 spiro atoms. The molecule has 0 unspecified atom stereocenters. The zero-order valence-electron chi connectivity index (χ0n) is 13.2. The highest BCUT2D eigenvalue weighted by Crippen LogP contribution is 2.37. The van der Waals surface area contributed by atoms with Gasteiger partial charge in [-0.15, -0.1) is 6.58 Å². The number of ether oxygens (including phenoxy) is 1. The molecule has 1 aromatic carbocycles. The summed E-state index contributed by atoms with van der Waals surface area (Å²) < 4.78 is 59.4. The fourth-order valence-electron chi connectivity index (χ4n) is 3.03. The first kappa shape index (κ1) is 18.5. The Balaban J connectivity index is 1.91. The molecule has 2 nitrogen and oxygen atoms in total. The Bertz CT molecular complexity index is 607. The molecule has 2 rings (SSSR count). The maximum Gasteiger partial charge on any atom is 0.356 e. The van der Waals surface area contributed by atoms with Gasteiger partial charge in [-0.1, -0.05) is 6.08 Å². The third-order valence-corrected chi connectivity index (χ3v) is 4.41. The van der Waals surface area contributed by atoms with Gasteiger partial charge < -0.3 is 4.74 Å². The Morgan fingerprint density at radius 1 is 1.21 bits per heavy atom. The molecule has 1 saturated carbocycles. The van der Waals surface area contributed by atoms with Gasteiger partial charge in [0.2, 0.25) is 0 Å². The number of allylic oxidation sites excluding steroid dienone is 1. The minimum atomic E-state index is -3.35. The number of hydrogen-bond acceptors (Lipinski definition) is 2. The Hall–Kier alpha value is -1.87. The molecule has 0 radical (unpaired) electrons. The maximum atomic E-state index is 13.9. The average molecular weight is 341 g/mol. The topological polar surface area (TPSA) is 33.0 Å². The lowest BCUT2D eigenvalue weighted by molar-refractivity contribution is -0.256. The van der Waals surface area contributed by atoms with Crippen molar-refractivity contribution in [3.8, 4) is 6.07 Å². The van der Waals surface area contributed by atoms with Crippen LogP contribution in [-0.2, 0) is 11.3 Å². The van der Waals surface area contributed by atoms with Gasteiger partial charge in [-0.3, -0.25) is 0 Å². The summed E-state index contributed by atoms with van der Waals surface area (Å²) in [6.45, 7) is 3.10. The van der Waals surface area contributed by atoms with Crippen LogP contribution >= 0.6 is 0 Å². The van der Waals surface area contributed by atoms with Crippen molar-refractivity contribution in [2.24, 2.45) is 11.8 Å². The molecule has 0 aromatic heterocycles. The Kier molecular flexibility index (Phi) is 6.00. The van der Waals surface area contributed by atoms with Crippen LogP contribution < -0.4 is 0 Å². The van der Waals surface area contributed by atoms with E-state index in [1.54, 1.807) is 0 Å². The minimum Gasteiger partial charge on any atom is -0.316 e. The van der Waals surface area contributed by atoms with E-state index in [0.717, 1.165) is 25.0 Å². The molecule has 1 aromatic rings. The maximum absolute atomic E-state index is 13.9. The summed E-state index contributed by atoms with van der Waals surface area (Å²) in [6, 6.07) is 3.06. The SMILES string of the molecule is C=C[C@H]1CC[C@H](CC(F)(F)OCc2cc(F)c(C#N)c(F)c2)CC1.